The van der Waals surface area contributed by atoms with E-state index in [1.54, 1.807) is 23.7 Å². The smallest absolute Gasteiger partial charge is 0.151 e. The quantitative estimate of drug-likeness (QED) is 0.681. The summed E-state index contributed by atoms with van der Waals surface area (Å²) in [5, 5.41) is 0. The SMILES string of the molecule is C(=Nc1ccccn1)c1ccc(/C=N\c2ccccn2)s1. The first kappa shape index (κ1) is 13.3. The Balaban J connectivity index is 1.69. The first-order chi connectivity index (χ1) is 10.4. The van der Waals surface area contributed by atoms with Gasteiger partial charge in [0.05, 0.1) is 0 Å². The Labute approximate surface area is 126 Å². The molecule has 4 nitrogen and oxygen atoms in total. The zero-order valence-electron chi connectivity index (χ0n) is 11.1. The lowest BCUT2D eigenvalue weighted by Gasteiger charge is -1.89. The zero-order valence-corrected chi connectivity index (χ0v) is 11.9. The second-order valence-electron chi connectivity index (χ2n) is 4.13. The summed E-state index contributed by atoms with van der Waals surface area (Å²) in [6.07, 6.45) is 7.08. The predicted octanol–water partition coefficient (Wildman–Crippen LogP) is 4.04. The minimum atomic E-state index is 0.703. The van der Waals surface area contributed by atoms with E-state index in [9.17, 15) is 0 Å². The molecule has 0 aliphatic heterocycles. The molecule has 0 aliphatic rings. The van der Waals surface area contributed by atoms with Crippen molar-refractivity contribution in [1.29, 1.82) is 0 Å². The van der Waals surface area contributed by atoms with Gasteiger partial charge in [-0.15, -0.1) is 11.3 Å². The average molecular weight is 292 g/mol. The highest BCUT2D eigenvalue weighted by molar-refractivity contribution is 7.15. The third-order valence-corrected chi connectivity index (χ3v) is 3.55. The highest BCUT2D eigenvalue weighted by Crippen LogP contribution is 2.15. The van der Waals surface area contributed by atoms with Gasteiger partial charge in [0.25, 0.3) is 0 Å². The molecule has 3 aromatic rings. The molecular weight excluding hydrogens is 280 g/mol. The number of nitrogens with zero attached hydrogens (tertiary/aromatic N) is 4. The van der Waals surface area contributed by atoms with Crippen molar-refractivity contribution in [2.24, 2.45) is 9.98 Å². The first-order valence-electron chi connectivity index (χ1n) is 6.40. The standard InChI is InChI=1S/C16H12N4S/c1-3-9-17-15(5-1)19-11-13-7-8-14(21-13)12-20-16-6-2-4-10-18-16/h1-12H/b19-11-,20-12?. The molecule has 0 atom stereocenters. The number of aromatic nitrogens is 2. The van der Waals surface area contributed by atoms with Crippen molar-refractivity contribution in [2.45, 2.75) is 0 Å². The summed E-state index contributed by atoms with van der Waals surface area (Å²) >= 11 is 1.62. The van der Waals surface area contributed by atoms with E-state index in [0.29, 0.717) is 11.6 Å². The van der Waals surface area contributed by atoms with E-state index in [1.165, 1.54) is 0 Å². The van der Waals surface area contributed by atoms with Crippen molar-refractivity contribution in [3.8, 4) is 0 Å². The van der Waals surface area contributed by atoms with E-state index in [2.05, 4.69) is 20.0 Å². The molecule has 0 aliphatic carbocycles. The molecule has 0 N–H and O–H groups in total. The molecule has 0 fully saturated rings. The topological polar surface area (TPSA) is 50.5 Å². The van der Waals surface area contributed by atoms with Crippen molar-refractivity contribution < 1.29 is 0 Å². The molecular formula is C16H12N4S. The van der Waals surface area contributed by atoms with E-state index in [4.69, 9.17) is 0 Å². The van der Waals surface area contributed by atoms with Crippen molar-refractivity contribution in [1.82, 2.24) is 9.97 Å². The van der Waals surface area contributed by atoms with Gasteiger partial charge >= 0.3 is 0 Å². The molecule has 0 saturated heterocycles. The van der Waals surface area contributed by atoms with Gasteiger partial charge in [0, 0.05) is 34.6 Å². The molecule has 21 heavy (non-hydrogen) atoms. The van der Waals surface area contributed by atoms with Crippen LogP contribution in [0.15, 0.2) is 70.9 Å². The van der Waals surface area contributed by atoms with Crippen LogP contribution in [0.3, 0.4) is 0 Å². The van der Waals surface area contributed by atoms with Gasteiger partial charge in [-0.1, -0.05) is 12.1 Å². The number of pyridine rings is 2. The van der Waals surface area contributed by atoms with Crippen LogP contribution in [0, 0.1) is 0 Å². The Hall–Kier alpha value is -2.66. The van der Waals surface area contributed by atoms with E-state index in [1.807, 2.05) is 61.0 Å². The third-order valence-electron chi connectivity index (χ3n) is 2.59. The molecule has 0 saturated carbocycles. The summed E-state index contributed by atoms with van der Waals surface area (Å²) in [5.41, 5.74) is 0. The summed E-state index contributed by atoms with van der Waals surface area (Å²) in [5.74, 6) is 1.41. The molecule has 0 bridgehead atoms. The average Bonchev–Trinajstić information content (AvgIpc) is 3.01. The predicted molar refractivity (Wildman–Crippen MR) is 87.3 cm³/mol. The maximum absolute atomic E-state index is 4.33. The van der Waals surface area contributed by atoms with Crippen molar-refractivity contribution in [3.63, 3.8) is 0 Å². The Morgan fingerprint density at radius 1 is 0.714 bits per heavy atom. The Bertz CT molecular complexity index is 684. The largest absolute Gasteiger partial charge is 0.237 e. The van der Waals surface area contributed by atoms with Crippen LogP contribution < -0.4 is 0 Å². The van der Waals surface area contributed by atoms with Crippen LogP contribution in [0.25, 0.3) is 0 Å². The number of aliphatic imine (C=N–C) groups is 2. The lowest BCUT2D eigenvalue weighted by Crippen LogP contribution is -1.75. The van der Waals surface area contributed by atoms with Gasteiger partial charge in [0.1, 0.15) is 0 Å². The van der Waals surface area contributed by atoms with Crippen molar-refractivity contribution in [2.75, 3.05) is 0 Å². The molecule has 3 heterocycles. The molecule has 0 radical (unpaired) electrons. The van der Waals surface area contributed by atoms with Gasteiger partial charge in [0.2, 0.25) is 0 Å². The molecule has 3 aromatic heterocycles. The van der Waals surface area contributed by atoms with Crippen molar-refractivity contribution >= 4 is 35.4 Å². The normalized spacial score (nSPS) is 11.4. The third kappa shape index (κ3) is 3.90. The summed E-state index contributed by atoms with van der Waals surface area (Å²) in [6, 6.07) is 15.3. The Morgan fingerprint density at radius 2 is 1.24 bits per heavy atom. The van der Waals surface area contributed by atoms with Crippen LogP contribution in [-0.4, -0.2) is 22.4 Å². The summed E-state index contributed by atoms with van der Waals surface area (Å²) in [4.78, 5) is 19.1. The highest BCUT2D eigenvalue weighted by Gasteiger charge is 1.96. The number of rotatable bonds is 4. The van der Waals surface area contributed by atoms with Gasteiger partial charge < -0.3 is 0 Å². The number of hydrogen-bond acceptors (Lipinski definition) is 5. The van der Waals surface area contributed by atoms with E-state index < -0.39 is 0 Å². The van der Waals surface area contributed by atoms with Crippen LogP contribution in [0.1, 0.15) is 9.75 Å². The van der Waals surface area contributed by atoms with Crippen LogP contribution in [0.5, 0.6) is 0 Å². The van der Waals surface area contributed by atoms with Gasteiger partial charge in [-0.05, 0) is 36.4 Å². The first-order valence-corrected chi connectivity index (χ1v) is 7.22. The van der Waals surface area contributed by atoms with Gasteiger partial charge in [-0.3, -0.25) is 0 Å². The maximum Gasteiger partial charge on any atom is 0.151 e. The molecule has 0 amide bonds. The monoisotopic (exact) mass is 292 g/mol. The highest BCUT2D eigenvalue weighted by atomic mass is 32.1. The van der Waals surface area contributed by atoms with E-state index in [-0.39, 0.29) is 0 Å². The Morgan fingerprint density at radius 3 is 1.67 bits per heavy atom. The zero-order chi connectivity index (χ0) is 14.3. The Kier molecular flexibility index (Phi) is 4.24. The van der Waals surface area contributed by atoms with Crippen LogP contribution in [-0.2, 0) is 0 Å². The minimum Gasteiger partial charge on any atom is -0.237 e. The molecule has 3 rings (SSSR count). The summed E-state index contributed by atoms with van der Waals surface area (Å²) in [6.45, 7) is 0. The fraction of sp³-hybridized carbons (Fsp3) is 0. The van der Waals surface area contributed by atoms with Gasteiger partial charge in [-0.2, -0.15) is 0 Å². The van der Waals surface area contributed by atoms with E-state index >= 15 is 0 Å². The van der Waals surface area contributed by atoms with Crippen LogP contribution in [0.2, 0.25) is 0 Å². The number of hydrogen-bond donors (Lipinski definition) is 0. The van der Waals surface area contributed by atoms with E-state index in [0.717, 1.165) is 9.75 Å². The molecule has 0 spiro atoms. The van der Waals surface area contributed by atoms with Gasteiger partial charge in [-0.25, -0.2) is 20.0 Å². The fourth-order valence-electron chi connectivity index (χ4n) is 1.63. The van der Waals surface area contributed by atoms with Gasteiger partial charge in [0.15, 0.2) is 11.6 Å². The van der Waals surface area contributed by atoms with Crippen molar-refractivity contribution in [3.05, 3.63) is 70.7 Å². The second-order valence-corrected chi connectivity index (χ2v) is 5.28. The van der Waals surface area contributed by atoms with Crippen LogP contribution in [0.4, 0.5) is 11.6 Å². The van der Waals surface area contributed by atoms with Crippen LogP contribution >= 0.6 is 11.3 Å². The summed E-state index contributed by atoms with van der Waals surface area (Å²) < 4.78 is 0. The second kappa shape index (κ2) is 6.67. The lowest BCUT2D eigenvalue weighted by molar-refractivity contribution is 1.28. The lowest BCUT2D eigenvalue weighted by atomic mass is 10.4. The minimum absolute atomic E-state index is 0.703. The molecule has 102 valence electrons. The molecule has 0 aromatic carbocycles. The molecule has 5 heteroatoms. The summed E-state index contributed by atoms with van der Waals surface area (Å²) in [7, 11) is 0. The molecule has 0 unspecified atom stereocenters. The number of thiophene rings is 1. The fourth-order valence-corrected chi connectivity index (χ4v) is 2.38. The maximum atomic E-state index is 4.33.